The number of anilines is 1. The fraction of sp³-hybridized carbons (Fsp3) is 0.714. The Bertz CT molecular complexity index is 461. The van der Waals surface area contributed by atoms with Gasteiger partial charge in [0.05, 0.1) is 0 Å². The quantitative estimate of drug-likeness (QED) is 0.793. The van der Waals surface area contributed by atoms with Gasteiger partial charge in [-0.3, -0.25) is 0 Å². The van der Waals surface area contributed by atoms with Crippen LogP contribution in [0.2, 0.25) is 5.15 Å². The van der Waals surface area contributed by atoms with E-state index in [0.717, 1.165) is 24.1 Å². The van der Waals surface area contributed by atoms with Crippen molar-refractivity contribution in [2.75, 3.05) is 38.6 Å². The minimum absolute atomic E-state index is 0.545. The minimum atomic E-state index is 0.545. The third-order valence-corrected chi connectivity index (χ3v) is 4.25. The maximum absolute atomic E-state index is 6.12. The molecule has 0 spiro atoms. The number of hydrogen-bond acceptors (Lipinski definition) is 4. The Hall–Kier alpha value is -0.870. The molecule has 1 aliphatic carbocycles. The van der Waals surface area contributed by atoms with Gasteiger partial charge in [-0.25, -0.2) is 9.97 Å². The number of nitrogens with zero attached hydrogens (tertiary/aromatic N) is 4. The van der Waals surface area contributed by atoms with E-state index in [1.807, 2.05) is 6.07 Å². The van der Waals surface area contributed by atoms with Crippen LogP contribution in [0.3, 0.4) is 0 Å². The van der Waals surface area contributed by atoms with E-state index in [1.54, 1.807) is 0 Å². The molecule has 0 amide bonds. The number of halogens is 1. The third kappa shape index (κ3) is 3.18. The van der Waals surface area contributed by atoms with Crippen molar-refractivity contribution in [2.45, 2.75) is 25.2 Å². The number of aromatic nitrogens is 2. The fourth-order valence-corrected chi connectivity index (χ4v) is 2.98. The van der Waals surface area contributed by atoms with Crippen LogP contribution in [0.4, 0.5) is 5.82 Å². The highest BCUT2D eigenvalue weighted by molar-refractivity contribution is 6.29. The molecule has 2 fully saturated rings. The molecule has 1 saturated heterocycles. The smallest absolute Gasteiger partial charge is 0.135 e. The number of likely N-dealkylation sites (tertiary alicyclic amines) is 1. The largest absolute Gasteiger partial charge is 0.359 e. The number of rotatable bonds is 4. The molecular weight excluding hydrogens is 260 g/mol. The van der Waals surface area contributed by atoms with Crippen molar-refractivity contribution in [3.05, 3.63) is 17.0 Å². The van der Waals surface area contributed by atoms with E-state index in [0.29, 0.717) is 11.1 Å². The lowest BCUT2D eigenvalue weighted by atomic mass is 10.1. The van der Waals surface area contributed by atoms with E-state index in [-0.39, 0.29) is 0 Å². The zero-order chi connectivity index (χ0) is 13.4. The third-order valence-electron chi connectivity index (χ3n) is 4.05. The van der Waals surface area contributed by atoms with Gasteiger partial charge in [0.2, 0.25) is 0 Å². The Kier molecular flexibility index (Phi) is 3.63. The second-order valence-electron chi connectivity index (χ2n) is 5.98. The van der Waals surface area contributed by atoms with Crippen molar-refractivity contribution in [2.24, 2.45) is 5.92 Å². The van der Waals surface area contributed by atoms with Gasteiger partial charge in [-0.05, 0) is 38.8 Å². The molecule has 1 aliphatic heterocycles. The summed E-state index contributed by atoms with van der Waals surface area (Å²) in [6, 6.07) is 1.88. The van der Waals surface area contributed by atoms with Crippen molar-refractivity contribution in [1.29, 1.82) is 0 Å². The van der Waals surface area contributed by atoms with Gasteiger partial charge < -0.3 is 9.80 Å². The van der Waals surface area contributed by atoms with E-state index >= 15 is 0 Å². The van der Waals surface area contributed by atoms with E-state index in [2.05, 4.69) is 33.9 Å². The molecule has 3 rings (SSSR count). The van der Waals surface area contributed by atoms with E-state index in [1.165, 1.54) is 32.4 Å². The topological polar surface area (TPSA) is 32.3 Å². The number of hydrogen-bond donors (Lipinski definition) is 0. The molecule has 4 nitrogen and oxygen atoms in total. The molecule has 0 radical (unpaired) electrons. The lowest BCUT2D eigenvalue weighted by Gasteiger charge is -2.22. The molecule has 2 heterocycles. The predicted octanol–water partition coefficient (Wildman–Crippen LogP) is 2.40. The second-order valence-corrected chi connectivity index (χ2v) is 6.37. The van der Waals surface area contributed by atoms with Gasteiger partial charge in [0.1, 0.15) is 16.8 Å². The van der Waals surface area contributed by atoms with E-state index in [4.69, 9.17) is 11.6 Å². The summed E-state index contributed by atoms with van der Waals surface area (Å²) >= 11 is 6.12. The summed E-state index contributed by atoms with van der Waals surface area (Å²) < 4.78 is 0. The Morgan fingerprint density at radius 3 is 2.79 bits per heavy atom. The average molecular weight is 281 g/mol. The maximum atomic E-state index is 6.12. The summed E-state index contributed by atoms with van der Waals surface area (Å²) in [5.41, 5.74) is 0. The molecule has 0 bridgehead atoms. The summed E-state index contributed by atoms with van der Waals surface area (Å²) in [6.45, 7) is 3.43. The summed E-state index contributed by atoms with van der Waals surface area (Å²) in [5.74, 6) is 3.17. The Labute approximate surface area is 119 Å². The highest BCUT2D eigenvalue weighted by Gasteiger charge is 2.28. The molecule has 2 aliphatic rings. The Morgan fingerprint density at radius 2 is 2.16 bits per heavy atom. The fourth-order valence-electron chi connectivity index (χ4n) is 2.80. The molecule has 1 atom stereocenters. The molecular formula is C14H21ClN4. The molecule has 0 aromatic carbocycles. The van der Waals surface area contributed by atoms with Crippen LogP contribution < -0.4 is 4.90 Å². The average Bonchev–Trinajstić information content (AvgIpc) is 3.13. The van der Waals surface area contributed by atoms with Gasteiger partial charge in [0.25, 0.3) is 0 Å². The van der Waals surface area contributed by atoms with E-state index < -0.39 is 0 Å². The van der Waals surface area contributed by atoms with Crippen LogP contribution in [0.25, 0.3) is 0 Å². The maximum Gasteiger partial charge on any atom is 0.135 e. The summed E-state index contributed by atoms with van der Waals surface area (Å²) in [5, 5.41) is 0.572. The first kappa shape index (κ1) is 13.1. The molecule has 1 aromatic heterocycles. The molecule has 1 aromatic rings. The Morgan fingerprint density at radius 1 is 1.37 bits per heavy atom. The second kappa shape index (κ2) is 5.25. The molecule has 0 N–H and O–H groups in total. The molecule has 104 valence electrons. The van der Waals surface area contributed by atoms with Crippen LogP contribution in [-0.4, -0.2) is 48.6 Å². The highest BCUT2D eigenvalue weighted by Crippen LogP contribution is 2.39. The van der Waals surface area contributed by atoms with Gasteiger partial charge in [-0.15, -0.1) is 0 Å². The van der Waals surface area contributed by atoms with Gasteiger partial charge in [-0.1, -0.05) is 11.6 Å². The van der Waals surface area contributed by atoms with Gasteiger partial charge in [-0.2, -0.15) is 0 Å². The summed E-state index contributed by atoms with van der Waals surface area (Å²) in [4.78, 5) is 13.6. The lowest BCUT2D eigenvalue weighted by Crippen LogP contribution is -2.28. The lowest BCUT2D eigenvalue weighted by molar-refractivity contribution is 0.395. The van der Waals surface area contributed by atoms with Crippen LogP contribution in [0, 0.1) is 5.92 Å². The molecule has 5 heteroatoms. The van der Waals surface area contributed by atoms with Gasteiger partial charge in [0.15, 0.2) is 0 Å². The summed E-state index contributed by atoms with van der Waals surface area (Å²) in [6.07, 6.45) is 3.68. The minimum Gasteiger partial charge on any atom is -0.359 e. The normalized spacial score (nSPS) is 23.8. The van der Waals surface area contributed by atoms with Crippen LogP contribution in [-0.2, 0) is 0 Å². The molecule has 1 saturated carbocycles. The summed E-state index contributed by atoms with van der Waals surface area (Å²) in [7, 11) is 4.29. The molecule has 1 unspecified atom stereocenters. The van der Waals surface area contributed by atoms with Crippen molar-refractivity contribution in [3.63, 3.8) is 0 Å². The van der Waals surface area contributed by atoms with Crippen LogP contribution >= 0.6 is 11.6 Å². The SMILES string of the molecule is CN1CCC(CN(C)c2cc(Cl)nc(C3CC3)n2)C1. The van der Waals surface area contributed by atoms with Crippen molar-refractivity contribution < 1.29 is 0 Å². The standard InChI is InChI=1S/C14H21ClN4/c1-18-6-5-10(8-18)9-19(2)13-7-12(15)16-14(17-13)11-3-4-11/h7,10-11H,3-6,8-9H2,1-2H3. The highest BCUT2D eigenvalue weighted by atomic mass is 35.5. The zero-order valence-corrected chi connectivity index (χ0v) is 12.4. The monoisotopic (exact) mass is 280 g/mol. The van der Waals surface area contributed by atoms with Crippen molar-refractivity contribution in [1.82, 2.24) is 14.9 Å². The zero-order valence-electron chi connectivity index (χ0n) is 11.6. The van der Waals surface area contributed by atoms with Crippen LogP contribution in [0.1, 0.15) is 31.0 Å². The first-order chi connectivity index (χ1) is 9.11. The first-order valence-corrected chi connectivity index (χ1v) is 7.44. The van der Waals surface area contributed by atoms with Gasteiger partial charge in [0, 0.05) is 32.1 Å². The predicted molar refractivity (Wildman–Crippen MR) is 77.9 cm³/mol. The van der Waals surface area contributed by atoms with Crippen LogP contribution in [0.5, 0.6) is 0 Å². The first-order valence-electron chi connectivity index (χ1n) is 7.06. The van der Waals surface area contributed by atoms with Gasteiger partial charge >= 0.3 is 0 Å². The van der Waals surface area contributed by atoms with E-state index in [9.17, 15) is 0 Å². The molecule has 19 heavy (non-hydrogen) atoms. The van der Waals surface area contributed by atoms with Crippen molar-refractivity contribution in [3.8, 4) is 0 Å². The van der Waals surface area contributed by atoms with Crippen LogP contribution in [0.15, 0.2) is 6.07 Å². The van der Waals surface area contributed by atoms with Crippen molar-refractivity contribution >= 4 is 17.4 Å². The Balaban J connectivity index is 1.70.